The summed E-state index contributed by atoms with van der Waals surface area (Å²) in [5.41, 5.74) is 4.91. The van der Waals surface area contributed by atoms with Crippen molar-refractivity contribution < 1.29 is 14.3 Å². The number of nitrogens with two attached hydrogens (primary N) is 1. The molecule has 2 amide bonds. The average molecular weight is 301 g/mol. The molecule has 5 nitrogen and oxygen atoms in total. The van der Waals surface area contributed by atoms with Crippen LogP contribution in [-0.4, -0.2) is 24.5 Å². The maximum Gasteiger partial charge on any atom is 0.261 e. The van der Waals surface area contributed by atoms with Gasteiger partial charge in [0.2, 0.25) is 5.91 Å². The molecule has 0 aromatic heterocycles. The number of hydrogen-bond donors (Lipinski definition) is 2. The molecule has 1 aromatic carbocycles. The van der Waals surface area contributed by atoms with Gasteiger partial charge in [-0.15, -0.1) is 0 Å². The highest BCUT2D eigenvalue weighted by Crippen LogP contribution is 2.17. The van der Waals surface area contributed by atoms with Gasteiger partial charge in [0, 0.05) is 4.47 Å². The molecular weight excluding hydrogens is 288 g/mol. The van der Waals surface area contributed by atoms with Gasteiger partial charge in [-0.1, -0.05) is 15.9 Å². The molecule has 1 atom stereocenters. The quantitative estimate of drug-likeness (QED) is 0.844. The largest absolute Gasteiger partial charge is 0.481 e. The molecule has 0 fully saturated rings. The van der Waals surface area contributed by atoms with Crippen LogP contribution in [0, 0.1) is 0 Å². The van der Waals surface area contributed by atoms with E-state index < -0.39 is 12.0 Å². The third-order valence-electron chi connectivity index (χ3n) is 1.93. The van der Waals surface area contributed by atoms with Crippen LogP contribution in [0.25, 0.3) is 0 Å². The Hall–Kier alpha value is -1.56. The van der Waals surface area contributed by atoms with Crippen LogP contribution >= 0.6 is 15.9 Å². The summed E-state index contributed by atoms with van der Waals surface area (Å²) in [5, 5.41) is 2.37. The van der Waals surface area contributed by atoms with Crippen LogP contribution in [0.5, 0.6) is 5.75 Å². The van der Waals surface area contributed by atoms with Crippen molar-refractivity contribution >= 4 is 27.7 Å². The summed E-state index contributed by atoms with van der Waals surface area (Å²) in [6, 6.07) is 7.09. The lowest BCUT2D eigenvalue weighted by Crippen LogP contribution is -2.40. The van der Waals surface area contributed by atoms with E-state index in [-0.39, 0.29) is 12.5 Å². The lowest BCUT2D eigenvalue weighted by atomic mass is 10.3. The SMILES string of the molecule is C[C@H](Oc1ccc(Br)cc1)C(=O)NCC(N)=O. The number of ether oxygens (including phenoxy) is 1. The van der Waals surface area contributed by atoms with Crippen LogP contribution in [0.4, 0.5) is 0 Å². The molecule has 0 aliphatic rings. The first kappa shape index (κ1) is 13.5. The van der Waals surface area contributed by atoms with Gasteiger partial charge >= 0.3 is 0 Å². The van der Waals surface area contributed by atoms with Crippen molar-refractivity contribution in [3.63, 3.8) is 0 Å². The minimum atomic E-state index is -0.685. The van der Waals surface area contributed by atoms with Crippen LogP contribution in [-0.2, 0) is 9.59 Å². The zero-order chi connectivity index (χ0) is 12.8. The summed E-state index contributed by atoms with van der Waals surface area (Å²) < 4.78 is 6.30. The first-order chi connectivity index (χ1) is 7.99. The van der Waals surface area contributed by atoms with Crippen molar-refractivity contribution in [2.45, 2.75) is 13.0 Å². The van der Waals surface area contributed by atoms with E-state index in [4.69, 9.17) is 10.5 Å². The van der Waals surface area contributed by atoms with Crippen LogP contribution in [0.1, 0.15) is 6.92 Å². The number of benzene rings is 1. The van der Waals surface area contributed by atoms with Crippen LogP contribution in [0.15, 0.2) is 28.7 Å². The second-order valence-electron chi connectivity index (χ2n) is 3.40. The Balaban J connectivity index is 2.48. The van der Waals surface area contributed by atoms with Gasteiger partial charge < -0.3 is 15.8 Å². The minimum Gasteiger partial charge on any atom is -0.481 e. The summed E-state index contributed by atoms with van der Waals surface area (Å²) in [7, 11) is 0. The fourth-order valence-electron chi connectivity index (χ4n) is 1.09. The topological polar surface area (TPSA) is 81.4 Å². The molecule has 0 spiro atoms. The molecule has 1 rings (SSSR count). The van der Waals surface area contributed by atoms with Crippen LogP contribution < -0.4 is 15.8 Å². The average Bonchev–Trinajstić information content (AvgIpc) is 2.28. The van der Waals surface area contributed by atoms with Crippen molar-refractivity contribution in [2.24, 2.45) is 5.73 Å². The molecule has 0 radical (unpaired) electrons. The van der Waals surface area contributed by atoms with Gasteiger partial charge in [0.1, 0.15) is 5.75 Å². The third kappa shape index (κ3) is 4.86. The zero-order valence-corrected chi connectivity index (χ0v) is 10.9. The Morgan fingerprint density at radius 3 is 2.53 bits per heavy atom. The van der Waals surface area contributed by atoms with Crippen LogP contribution in [0.2, 0.25) is 0 Å². The molecule has 0 heterocycles. The third-order valence-corrected chi connectivity index (χ3v) is 2.46. The summed E-state index contributed by atoms with van der Waals surface area (Å²) in [5.74, 6) is -0.393. The van der Waals surface area contributed by atoms with Crippen LogP contribution in [0.3, 0.4) is 0 Å². The molecule has 17 heavy (non-hydrogen) atoms. The molecule has 92 valence electrons. The van der Waals surface area contributed by atoms with E-state index in [1.165, 1.54) is 0 Å². The number of nitrogens with one attached hydrogen (secondary N) is 1. The Morgan fingerprint density at radius 1 is 1.41 bits per heavy atom. The maximum absolute atomic E-state index is 11.5. The highest BCUT2D eigenvalue weighted by molar-refractivity contribution is 9.10. The number of carbonyl (C=O) groups is 2. The van der Waals surface area contributed by atoms with E-state index in [0.717, 1.165) is 4.47 Å². The van der Waals surface area contributed by atoms with Gasteiger partial charge in [0.15, 0.2) is 6.10 Å². The standard InChI is InChI=1S/C11H13BrN2O3/c1-7(11(16)14-6-10(13)15)17-9-4-2-8(12)3-5-9/h2-5,7H,6H2,1H3,(H2,13,15)(H,14,16)/t7-/m0/s1. The summed E-state index contributed by atoms with van der Waals surface area (Å²) in [6.45, 7) is 1.41. The number of carbonyl (C=O) groups excluding carboxylic acids is 2. The number of amides is 2. The molecular formula is C11H13BrN2O3. The Kier molecular flexibility index (Phi) is 4.96. The van der Waals surface area contributed by atoms with Crippen molar-refractivity contribution in [1.82, 2.24) is 5.32 Å². The lowest BCUT2D eigenvalue weighted by Gasteiger charge is -2.14. The maximum atomic E-state index is 11.5. The monoisotopic (exact) mass is 300 g/mol. The Bertz CT molecular complexity index is 406. The predicted octanol–water partition coefficient (Wildman–Crippen LogP) is 0.818. The number of primary amides is 1. The summed E-state index contributed by atoms with van der Waals surface area (Å²) in [6.07, 6.45) is -0.685. The van der Waals surface area contributed by atoms with Gasteiger partial charge in [-0.05, 0) is 31.2 Å². The van der Waals surface area contributed by atoms with E-state index >= 15 is 0 Å². The van der Waals surface area contributed by atoms with E-state index in [1.54, 1.807) is 19.1 Å². The first-order valence-corrected chi connectivity index (χ1v) is 5.76. The van der Waals surface area contributed by atoms with Crippen molar-refractivity contribution in [2.75, 3.05) is 6.54 Å². The molecule has 3 N–H and O–H groups in total. The first-order valence-electron chi connectivity index (χ1n) is 4.97. The molecule has 0 bridgehead atoms. The van der Waals surface area contributed by atoms with Gasteiger partial charge in [0.05, 0.1) is 6.54 Å². The number of rotatable bonds is 5. The van der Waals surface area contributed by atoms with E-state index in [9.17, 15) is 9.59 Å². The summed E-state index contributed by atoms with van der Waals surface area (Å²) in [4.78, 5) is 21.9. The van der Waals surface area contributed by atoms with Gasteiger partial charge in [-0.2, -0.15) is 0 Å². The molecule has 6 heteroatoms. The lowest BCUT2D eigenvalue weighted by molar-refractivity contribution is -0.129. The Morgan fingerprint density at radius 2 is 2.00 bits per heavy atom. The fourth-order valence-corrected chi connectivity index (χ4v) is 1.35. The van der Waals surface area contributed by atoms with E-state index in [2.05, 4.69) is 21.2 Å². The van der Waals surface area contributed by atoms with Crippen molar-refractivity contribution in [3.05, 3.63) is 28.7 Å². The normalized spacial score (nSPS) is 11.6. The highest BCUT2D eigenvalue weighted by atomic mass is 79.9. The molecule has 0 unspecified atom stereocenters. The number of halogens is 1. The van der Waals surface area contributed by atoms with Gasteiger partial charge in [-0.25, -0.2) is 0 Å². The highest BCUT2D eigenvalue weighted by Gasteiger charge is 2.14. The van der Waals surface area contributed by atoms with Crippen molar-refractivity contribution in [1.29, 1.82) is 0 Å². The van der Waals surface area contributed by atoms with Gasteiger partial charge in [-0.3, -0.25) is 9.59 Å². The Labute approximate surface area is 107 Å². The molecule has 0 aliphatic carbocycles. The minimum absolute atomic E-state index is 0.188. The summed E-state index contributed by atoms with van der Waals surface area (Å²) >= 11 is 3.30. The molecule has 0 saturated heterocycles. The van der Waals surface area contributed by atoms with Gasteiger partial charge in [0.25, 0.3) is 5.91 Å². The molecule has 0 saturated carbocycles. The second kappa shape index (κ2) is 6.24. The van der Waals surface area contributed by atoms with E-state index in [1.807, 2.05) is 12.1 Å². The number of hydrogen-bond acceptors (Lipinski definition) is 3. The second-order valence-corrected chi connectivity index (χ2v) is 4.31. The zero-order valence-electron chi connectivity index (χ0n) is 9.27. The predicted molar refractivity (Wildman–Crippen MR) is 66.4 cm³/mol. The smallest absolute Gasteiger partial charge is 0.261 e. The van der Waals surface area contributed by atoms with Crippen molar-refractivity contribution in [3.8, 4) is 5.75 Å². The van der Waals surface area contributed by atoms with E-state index in [0.29, 0.717) is 5.75 Å². The molecule has 1 aromatic rings. The fraction of sp³-hybridized carbons (Fsp3) is 0.273. The molecule has 0 aliphatic heterocycles.